The highest BCUT2D eigenvalue weighted by atomic mass is 79.9. The monoisotopic (exact) mass is 278 g/mol. The lowest BCUT2D eigenvalue weighted by Crippen LogP contribution is -2.36. The number of hydrogen-bond donors (Lipinski definition) is 0. The summed E-state index contributed by atoms with van der Waals surface area (Å²) >= 11 is 3.68. The maximum Gasteiger partial charge on any atom is 0.00631 e. The lowest BCUT2D eigenvalue weighted by molar-refractivity contribution is 0.287. The minimum absolute atomic E-state index is 0.473. The summed E-state index contributed by atoms with van der Waals surface area (Å²) in [6, 6.07) is 6.97. The molecule has 2 unspecified atom stereocenters. The minimum atomic E-state index is 0.473. The molecule has 0 aromatic heterocycles. The zero-order chi connectivity index (χ0) is 11.2. The third-order valence-electron chi connectivity index (χ3n) is 4.48. The van der Waals surface area contributed by atoms with Gasteiger partial charge in [0.15, 0.2) is 0 Å². The second-order valence-electron chi connectivity index (χ2n) is 5.79. The zero-order valence-corrected chi connectivity index (χ0v) is 11.5. The molecule has 0 bridgehead atoms. The Hall–Kier alpha value is -0.300. The predicted octanol–water partition coefficient (Wildman–Crippen LogP) is 4.24. The van der Waals surface area contributed by atoms with E-state index in [1.54, 1.807) is 16.7 Å². The van der Waals surface area contributed by atoms with Crippen LogP contribution in [0, 0.1) is 5.92 Å². The van der Waals surface area contributed by atoms with Gasteiger partial charge in [-0.05, 0) is 60.1 Å². The molecule has 0 amide bonds. The molecule has 1 aromatic rings. The molecule has 2 aliphatic rings. The fraction of sp³-hybridized carbons (Fsp3) is 0.600. The van der Waals surface area contributed by atoms with Gasteiger partial charge in [0.2, 0.25) is 0 Å². The second-order valence-corrected chi connectivity index (χ2v) is 6.44. The first-order valence-corrected chi connectivity index (χ1v) is 7.52. The molecule has 0 heterocycles. The number of hydrogen-bond acceptors (Lipinski definition) is 0. The van der Waals surface area contributed by atoms with Crippen LogP contribution in [0.5, 0.6) is 0 Å². The van der Waals surface area contributed by atoms with Crippen molar-refractivity contribution in [1.82, 2.24) is 0 Å². The molecule has 0 nitrogen and oxygen atoms in total. The highest BCUT2D eigenvalue weighted by Gasteiger charge is 2.39. The molecule has 2 aliphatic carbocycles. The van der Waals surface area contributed by atoms with Gasteiger partial charge in [-0.25, -0.2) is 0 Å². The molecule has 1 heteroatoms. The Balaban J connectivity index is 2.14. The number of benzene rings is 1. The van der Waals surface area contributed by atoms with Gasteiger partial charge in [-0.2, -0.15) is 0 Å². The van der Waals surface area contributed by atoms with Gasteiger partial charge in [0, 0.05) is 5.33 Å². The summed E-state index contributed by atoms with van der Waals surface area (Å²) in [6.45, 7) is 2.49. The SMILES string of the molecule is CC12CCCc3cccc(c31)CC(CBr)C2. The average Bonchev–Trinajstić information content (AvgIpc) is 2.28. The highest BCUT2D eigenvalue weighted by molar-refractivity contribution is 9.09. The Labute approximate surface area is 107 Å². The van der Waals surface area contributed by atoms with Crippen molar-refractivity contribution in [3.05, 3.63) is 34.9 Å². The van der Waals surface area contributed by atoms with E-state index in [1.165, 1.54) is 32.1 Å². The Kier molecular flexibility index (Phi) is 2.62. The first kappa shape index (κ1) is 10.8. The first-order valence-electron chi connectivity index (χ1n) is 6.40. The number of alkyl halides is 1. The van der Waals surface area contributed by atoms with Crippen molar-refractivity contribution in [3.63, 3.8) is 0 Å². The maximum absolute atomic E-state index is 3.68. The highest BCUT2D eigenvalue weighted by Crippen LogP contribution is 2.47. The molecule has 16 heavy (non-hydrogen) atoms. The van der Waals surface area contributed by atoms with E-state index in [0.717, 1.165) is 11.2 Å². The molecule has 0 spiro atoms. The molecule has 0 saturated heterocycles. The molecule has 0 aliphatic heterocycles. The third kappa shape index (κ3) is 1.55. The Morgan fingerprint density at radius 1 is 1.38 bits per heavy atom. The third-order valence-corrected chi connectivity index (χ3v) is 5.40. The number of aryl methyl sites for hydroxylation is 1. The largest absolute Gasteiger partial charge is 0.0925 e. The van der Waals surface area contributed by atoms with Crippen molar-refractivity contribution in [1.29, 1.82) is 0 Å². The number of halogens is 1. The van der Waals surface area contributed by atoms with Crippen LogP contribution in [0.4, 0.5) is 0 Å². The molecule has 0 radical (unpaired) electrons. The van der Waals surface area contributed by atoms with Gasteiger partial charge < -0.3 is 0 Å². The van der Waals surface area contributed by atoms with Crippen LogP contribution in [0.15, 0.2) is 18.2 Å². The van der Waals surface area contributed by atoms with E-state index >= 15 is 0 Å². The van der Waals surface area contributed by atoms with Crippen LogP contribution in [-0.4, -0.2) is 5.33 Å². The average molecular weight is 279 g/mol. The van der Waals surface area contributed by atoms with Gasteiger partial charge in [0.25, 0.3) is 0 Å². The first-order chi connectivity index (χ1) is 7.73. The summed E-state index contributed by atoms with van der Waals surface area (Å²) in [5.41, 5.74) is 5.47. The molecule has 86 valence electrons. The molecule has 2 atom stereocenters. The maximum atomic E-state index is 3.68. The summed E-state index contributed by atoms with van der Waals surface area (Å²) < 4.78 is 0. The van der Waals surface area contributed by atoms with Crippen molar-refractivity contribution < 1.29 is 0 Å². The van der Waals surface area contributed by atoms with E-state index in [-0.39, 0.29) is 0 Å². The summed E-state index contributed by atoms with van der Waals surface area (Å²) in [6.07, 6.45) is 6.73. The fourth-order valence-corrected chi connectivity index (χ4v) is 4.39. The topological polar surface area (TPSA) is 0 Å². The summed E-state index contributed by atoms with van der Waals surface area (Å²) in [4.78, 5) is 0. The fourth-order valence-electron chi connectivity index (χ4n) is 3.93. The van der Waals surface area contributed by atoms with Crippen LogP contribution in [0.3, 0.4) is 0 Å². The molecule has 3 rings (SSSR count). The van der Waals surface area contributed by atoms with Crippen LogP contribution < -0.4 is 0 Å². The Morgan fingerprint density at radius 2 is 2.19 bits per heavy atom. The Morgan fingerprint density at radius 3 is 3.00 bits per heavy atom. The zero-order valence-electron chi connectivity index (χ0n) is 9.93. The van der Waals surface area contributed by atoms with Gasteiger partial charge >= 0.3 is 0 Å². The van der Waals surface area contributed by atoms with E-state index < -0.39 is 0 Å². The van der Waals surface area contributed by atoms with E-state index in [9.17, 15) is 0 Å². The lowest BCUT2D eigenvalue weighted by atomic mass is 9.61. The standard InChI is InChI=1S/C15H19Br/c1-15-7-3-6-12-4-2-5-13(14(12)15)8-11(9-15)10-16/h2,4-5,11H,3,6-10H2,1H3. The summed E-state index contributed by atoms with van der Waals surface area (Å²) in [5.74, 6) is 0.839. The van der Waals surface area contributed by atoms with Gasteiger partial charge in [-0.15, -0.1) is 0 Å². The normalized spacial score (nSPS) is 32.2. The van der Waals surface area contributed by atoms with Gasteiger partial charge in [0.1, 0.15) is 0 Å². The molecule has 0 N–H and O–H groups in total. The summed E-state index contributed by atoms with van der Waals surface area (Å²) in [5, 5.41) is 1.16. The van der Waals surface area contributed by atoms with E-state index in [2.05, 4.69) is 41.1 Å². The van der Waals surface area contributed by atoms with Gasteiger partial charge in [-0.1, -0.05) is 41.1 Å². The van der Waals surface area contributed by atoms with E-state index in [4.69, 9.17) is 0 Å². The molecule has 0 fully saturated rings. The van der Waals surface area contributed by atoms with Crippen molar-refractivity contribution in [2.24, 2.45) is 5.92 Å². The van der Waals surface area contributed by atoms with Crippen LogP contribution in [0.1, 0.15) is 42.9 Å². The van der Waals surface area contributed by atoms with Crippen molar-refractivity contribution in [3.8, 4) is 0 Å². The molecule has 1 aromatic carbocycles. The van der Waals surface area contributed by atoms with Crippen molar-refractivity contribution in [2.45, 2.75) is 44.4 Å². The predicted molar refractivity (Wildman–Crippen MR) is 72.3 cm³/mol. The van der Waals surface area contributed by atoms with Gasteiger partial charge in [0.05, 0.1) is 0 Å². The minimum Gasteiger partial charge on any atom is -0.0925 e. The second kappa shape index (κ2) is 3.87. The smallest absolute Gasteiger partial charge is 0.00631 e. The number of rotatable bonds is 1. The quantitative estimate of drug-likeness (QED) is 0.675. The summed E-state index contributed by atoms with van der Waals surface area (Å²) in [7, 11) is 0. The molecular weight excluding hydrogens is 260 g/mol. The Bertz CT molecular complexity index is 410. The van der Waals surface area contributed by atoms with Crippen LogP contribution in [0.2, 0.25) is 0 Å². The van der Waals surface area contributed by atoms with Crippen molar-refractivity contribution in [2.75, 3.05) is 5.33 Å². The molecular formula is C15H19Br. The van der Waals surface area contributed by atoms with Crippen LogP contribution in [0.25, 0.3) is 0 Å². The lowest BCUT2D eigenvalue weighted by Gasteiger charge is -2.44. The molecule has 0 saturated carbocycles. The van der Waals surface area contributed by atoms with Crippen LogP contribution in [-0.2, 0) is 18.3 Å². The van der Waals surface area contributed by atoms with E-state index in [0.29, 0.717) is 5.41 Å². The van der Waals surface area contributed by atoms with Crippen molar-refractivity contribution >= 4 is 15.9 Å². The van der Waals surface area contributed by atoms with Crippen LogP contribution >= 0.6 is 15.9 Å². The van der Waals surface area contributed by atoms with Gasteiger partial charge in [-0.3, -0.25) is 0 Å². The van der Waals surface area contributed by atoms with E-state index in [1.807, 2.05) is 0 Å².